The number of piperidine rings is 1. The van der Waals surface area contributed by atoms with Gasteiger partial charge in [-0.15, -0.1) is 0 Å². The number of nitrogens with zero attached hydrogens (tertiary/aromatic N) is 1. The number of ether oxygens (including phenoxy) is 2. The molecule has 0 radical (unpaired) electrons. The third-order valence-corrected chi connectivity index (χ3v) is 4.04. The molecule has 0 bridgehead atoms. The molecule has 2 amide bonds. The van der Waals surface area contributed by atoms with Crippen molar-refractivity contribution in [3.63, 3.8) is 0 Å². The van der Waals surface area contributed by atoms with Crippen LogP contribution in [0.5, 0.6) is 0 Å². The normalized spacial score (nSPS) is 20.3. The van der Waals surface area contributed by atoms with Crippen LogP contribution in [0.2, 0.25) is 0 Å². The Morgan fingerprint density at radius 3 is 2.59 bits per heavy atom. The Morgan fingerprint density at radius 2 is 1.95 bits per heavy atom. The molecule has 2 aliphatic rings. The van der Waals surface area contributed by atoms with E-state index < -0.39 is 5.79 Å². The first kappa shape index (κ1) is 15.1. The van der Waals surface area contributed by atoms with Crippen LogP contribution in [-0.2, 0) is 25.6 Å². The van der Waals surface area contributed by atoms with Gasteiger partial charge in [-0.1, -0.05) is 0 Å². The molecule has 1 aromatic heterocycles. The van der Waals surface area contributed by atoms with Crippen molar-refractivity contribution in [3.05, 3.63) is 24.2 Å². The van der Waals surface area contributed by atoms with E-state index in [2.05, 4.69) is 5.32 Å². The average Bonchev–Trinajstić information content (AvgIpc) is 3.18. The van der Waals surface area contributed by atoms with Gasteiger partial charge in [-0.05, 0) is 12.1 Å². The molecule has 3 heterocycles. The lowest BCUT2D eigenvalue weighted by atomic mass is 10.0. The van der Waals surface area contributed by atoms with Gasteiger partial charge in [-0.3, -0.25) is 9.59 Å². The Balaban J connectivity index is 1.41. The maximum Gasteiger partial charge on any atom is 0.232 e. The number of carbonyl (C=O) groups excluding carboxylic acids is 2. The van der Waals surface area contributed by atoms with Crippen LogP contribution >= 0.6 is 0 Å². The van der Waals surface area contributed by atoms with Crippen molar-refractivity contribution in [2.75, 3.05) is 26.3 Å². The highest BCUT2D eigenvalue weighted by Crippen LogP contribution is 2.31. The number of furan rings is 1. The molecule has 2 fully saturated rings. The molecule has 2 saturated heterocycles. The van der Waals surface area contributed by atoms with Gasteiger partial charge in [0.15, 0.2) is 5.79 Å². The van der Waals surface area contributed by atoms with Crippen LogP contribution in [0, 0.1) is 0 Å². The number of amides is 2. The Labute approximate surface area is 128 Å². The van der Waals surface area contributed by atoms with Crippen LogP contribution in [0.4, 0.5) is 0 Å². The second kappa shape index (κ2) is 6.50. The summed E-state index contributed by atoms with van der Waals surface area (Å²) in [6.07, 6.45) is 2.72. The first-order valence-electron chi connectivity index (χ1n) is 7.52. The second-order valence-electron chi connectivity index (χ2n) is 5.52. The maximum atomic E-state index is 12.1. The topological polar surface area (TPSA) is 81.0 Å². The lowest BCUT2D eigenvalue weighted by Crippen LogP contribution is -2.48. The largest absolute Gasteiger partial charge is 0.467 e. The van der Waals surface area contributed by atoms with Crippen molar-refractivity contribution < 1.29 is 23.5 Å². The molecular formula is C15H20N2O5. The SMILES string of the molecule is O=C(CC(=O)N1CCC2(CC1)OCCO2)NCc1ccco1. The van der Waals surface area contributed by atoms with E-state index in [-0.39, 0.29) is 18.2 Å². The first-order chi connectivity index (χ1) is 10.7. The van der Waals surface area contributed by atoms with E-state index in [0.717, 1.165) is 0 Å². The Kier molecular flexibility index (Phi) is 4.44. The van der Waals surface area contributed by atoms with Gasteiger partial charge in [-0.2, -0.15) is 0 Å². The van der Waals surface area contributed by atoms with Crippen molar-refractivity contribution in [1.29, 1.82) is 0 Å². The van der Waals surface area contributed by atoms with Crippen molar-refractivity contribution in [2.24, 2.45) is 0 Å². The fourth-order valence-electron chi connectivity index (χ4n) is 2.79. The molecule has 0 atom stereocenters. The molecule has 1 N–H and O–H groups in total. The van der Waals surface area contributed by atoms with Crippen molar-refractivity contribution in [1.82, 2.24) is 10.2 Å². The predicted molar refractivity (Wildman–Crippen MR) is 75.6 cm³/mol. The smallest absolute Gasteiger partial charge is 0.232 e. The van der Waals surface area contributed by atoms with Crippen molar-refractivity contribution >= 4 is 11.8 Å². The average molecular weight is 308 g/mol. The Bertz CT molecular complexity index is 512. The number of rotatable bonds is 4. The van der Waals surface area contributed by atoms with Crippen LogP contribution in [0.15, 0.2) is 22.8 Å². The highest BCUT2D eigenvalue weighted by atomic mass is 16.7. The van der Waals surface area contributed by atoms with Gasteiger partial charge in [0.05, 0.1) is 26.0 Å². The molecule has 120 valence electrons. The van der Waals surface area contributed by atoms with E-state index in [9.17, 15) is 9.59 Å². The van der Waals surface area contributed by atoms with Gasteiger partial charge in [0.25, 0.3) is 0 Å². The summed E-state index contributed by atoms with van der Waals surface area (Å²) < 4.78 is 16.4. The maximum absolute atomic E-state index is 12.1. The molecule has 7 nitrogen and oxygen atoms in total. The summed E-state index contributed by atoms with van der Waals surface area (Å²) in [5, 5.41) is 2.67. The summed E-state index contributed by atoms with van der Waals surface area (Å²) in [5.74, 6) is -0.297. The quantitative estimate of drug-likeness (QED) is 0.826. The Hall–Kier alpha value is -1.86. The molecule has 3 rings (SSSR count). The summed E-state index contributed by atoms with van der Waals surface area (Å²) in [5.41, 5.74) is 0. The minimum absolute atomic E-state index is 0.143. The van der Waals surface area contributed by atoms with Crippen molar-refractivity contribution in [3.8, 4) is 0 Å². The molecule has 2 aliphatic heterocycles. The Morgan fingerprint density at radius 1 is 1.23 bits per heavy atom. The van der Waals surface area contributed by atoms with Crippen LogP contribution in [0.25, 0.3) is 0 Å². The fraction of sp³-hybridized carbons (Fsp3) is 0.600. The van der Waals surface area contributed by atoms with Gasteiger partial charge >= 0.3 is 0 Å². The van der Waals surface area contributed by atoms with Gasteiger partial charge in [0, 0.05) is 25.9 Å². The van der Waals surface area contributed by atoms with Crippen molar-refractivity contribution in [2.45, 2.75) is 31.6 Å². The summed E-state index contributed by atoms with van der Waals surface area (Å²) in [6, 6.07) is 3.52. The van der Waals surface area contributed by atoms with Gasteiger partial charge in [0.1, 0.15) is 12.2 Å². The summed E-state index contributed by atoms with van der Waals surface area (Å²) in [7, 11) is 0. The minimum Gasteiger partial charge on any atom is -0.467 e. The van der Waals surface area contributed by atoms with E-state index in [1.165, 1.54) is 0 Å². The zero-order valence-corrected chi connectivity index (χ0v) is 12.4. The highest BCUT2D eigenvalue weighted by molar-refractivity contribution is 5.96. The van der Waals surface area contributed by atoms with Gasteiger partial charge in [-0.25, -0.2) is 0 Å². The molecule has 1 aromatic rings. The lowest BCUT2D eigenvalue weighted by molar-refractivity contribution is -0.187. The van der Waals surface area contributed by atoms with E-state index in [1.54, 1.807) is 23.3 Å². The minimum atomic E-state index is -0.502. The third-order valence-electron chi connectivity index (χ3n) is 4.04. The van der Waals surface area contributed by atoms with E-state index in [0.29, 0.717) is 51.4 Å². The van der Waals surface area contributed by atoms with Gasteiger partial charge < -0.3 is 24.1 Å². The van der Waals surface area contributed by atoms with Gasteiger partial charge in [0.2, 0.25) is 11.8 Å². The molecule has 7 heteroatoms. The summed E-state index contributed by atoms with van der Waals surface area (Å²) in [6.45, 7) is 2.64. The molecule has 0 saturated carbocycles. The van der Waals surface area contributed by atoms with Crippen LogP contribution in [-0.4, -0.2) is 48.8 Å². The number of likely N-dealkylation sites (tertiary alicyclic amines) is 1. The van der Waals surface area contributed by atoms with E-state index in [1.807, 2.05) is 0 Å². The standard InChI is InChI=1S/C15H20N2O5/c18-13(16-11-12-2-1-7-20-12)10-14(19)17-5-3-15(4-6-17)21-8-9-22-15/h1-2,7H,3-6,8-11H2,(H,16,18). The highest BCUT2D eigenvalue weighted by Gasteiger charge is 2.40. The van der Waals surface area contributed by atoms with E-state index in [4.69, 9.17) is 13.9 Å². The number of nitrogens with one attached hydrogen (secondary N) is 1. The number of hydrogen-bond donors (Lipinski definition) is 1. The number of carbonyl (C=O) groups is 2. The molecule has 22 heavy (non-hydrogen) atoms. The van der Waals surface area contributed by atoms with Crippen LogP contribution in [0.3, 0.4) is 0 Å². The fourth-order valence-corrected chi connectivity index (χ4v) is 2.79. The summed E-state index contributed by atoms with van der Waals surface area (Å²) in [4.78, 5) is 25.6. The molecule has 0 unspecified atom stereocenters. The molecule has 0 aromatic carbocycles. The second-order valence-corrected chi connectivity index (χ2v) is 5.52. The lowest BCUT2D eigenvalue weighted by Gasteiger charge is -2.37. The molecule has 0 aliphatic carbocycles. The molecular weight excluding hydrogens is 288 g/mol. The van der Waals surface area contributed by atoms with Crippen LogP contribution in [0.1, 0.15) is 25.0 Å². The number of hydrogen-bond acceptors (Lipinski definition) is 5. The zero-order valence-electron chi connectivity index (χ0n) is 12.4. The summed E-state index contributed by atoms with van der Waals surface area (Å²) >= 11 is 0. The van der Waals surface area contributed by atoms with E-state index >= 15 is 0 Å². The predicted octanol–water partition coefficient (Wildman–Crippen LogP) is 0.651. The third kappa shape index (κ3) is 3.48. The monoisotopic (exact) mass is 308 g/mol. The molecule has 1 spiro atoms. The van der Waals surface area contributed by atoms with Crippen LogP contribution < -0.4 is 5.32 Å². The first-order valence-corrected chi connectivity index (χ1v) is 7.52. The zero-order chi connectivity index (χ0) is 15.4.